The summed E-state index contributed by atoms with van der Waals surface area (Å²) in [6.07, 6.45) is -1.01. The van der Waals surface area contributed by atoms with Crippen LogP contribution in [0.3, 0.4) is 0 Å². The van der Waals surface area contributed by atoms with E-state index in [1.807, 2.05) is 11.4 Å². The maximum Gasteiger partial charge on any atom is 0.421 e. The van der Waals surface area contributed by atoms with E-state index in [2.05, 4.69) is 20.7 Å². The number of halogens is 1. The minimum absolute atomic E-state index is 0.175. The van der Waals surface area contributed by atoms with Crippen molar-refractivity contribution in [3.63, 3.8) is 0 Å². The minimum Gasteiger partial charge on any atom is -0.452 e. The molecule has 96 valence electrons. The van der Waals surface area contributed by atoms with Gasteiger partial charge in [-0.1, -0.05) is 0 Å². The van der Waals surface area contributed by atoms with Crippen LogP contribution >= 0.6 is 27.3 Å². The average molecular weight is 343 g/mol. The first-order valence-corrected chi connectivity index (χ1v) is 7.51. The third-order valence-electron chi connectivity index (χ3n) is 1.84. The summed E-state index contributed by atoms with van der Waals surface area (Å²) in [5.41, 5.74) is 0.833. The minimum atomic E-state index is -3.86. The molecule has 1 amide bonds. The quantitative estimate of drug-likeness (QED) is 0.900. The molecule has 0 spiro atoms. The highest BCUT2D eigenvalue weighted by molar-refractivity contribution is 9.11. The molecule has 1 rings (SSSR count). The average Bonchev–Trinajstić information content (AvgIpc) is 2.63. The fourth-order valence-electron chi connectivity index (χ4n) is 0.996. The number of ether oxygens (including phenoxy) is 1. The summed E-state index contributed by atoms with van der Waals surface area (Å²) in [6, 6.07) is 1.81. The van der Waals surface area contributed by atoms with Gasteiger partial charge in [0.15, 0.2) is 0 Å². The van der Waals surface area contributed by atoms with Crippen molar-refractivity contribution in [3.05, 3.63) is 20.8 Å². The first-order chi connectivity index (χ1) is 7.85. The number of nitrogens with one attached hydrogen (secondary N) is 1. The SMILES string of the molecule is COC(=O)NS(=O)(=O)N(C)Cc1csc(Br)c1. The molecule has 0 bridgehead atoms. The van der Waals surface area contributed by atoms with Crippen molar-refractivity contribution in [1.29, 1.82) is 0 Å². The standard InChI is InChI=1S/C8H11BrN2O4S2/c1-11(4-6-3-7(9)16-5-6)17(13,14)10-8(12)15-2/h3,5H,4H2,1-2H3,(H,10,12). The van der Waals surface area contributed by atoms with Crippen LogP contribution in [0, 0.1) is 0 Å². The maximum absolute atomic E-state index is 11.6. The molecule has 1 aromatic heterocycles. The Balaban J connectivity index is 2.69. The van der Waals surface area contributed by atoms with E-state index in [0.717, 1.165) is 20.8 Å². The van der Waals surface area contributed by atoms with Crippen LogP contribution < -0.4 is 4.72 Å². The number of methoxy groups -OCH3 is 1. The van der Waals surface area contributed by atoms with Gasteiger partial charge in [-0.2, -0.15) is 12.7 Å². The predicted octanol–water partition coefficient (Wildman–Crippen LogP) is 1.54. The molecule has 1 aromatic rings. The molecule has 17 heavy (non-hydrogen) atoms. The lowest BCUT2D eigenvalue weighted by atomic mass is 10.3. The zero-order chi connectivity index (χ0) is 13.1. The van der Waals surface area contributed by atoms with Gasteiger partial charge in [-0.25, -0.2) is 9.52 Å². The second kappa shape index (κ2) is 5.80. The molecule has 9 heteroatoms. The van der Waals surface area contributed by atoms with Gasteiger partial charge >= 0.3 is 16.3 Å². The molecule has 0 atom stereocenters. The first-order valence-electron chi connectivity index (χ1n) is 4.40. The molecule has 0 saturated carbocycles. The molecular formula is C8H11BrN2O4S2. The lowest BCUT2D eigenvalue weighted by molar-refractivity contribution is 0.177. The van der Waals surface area contributed by atoms with Gasteiger partial charge in [-0.15, -0.1) is 11.3 Å². The lowest BCUT2D eigenvalue weighted by Gasteiger charge is -2.16. The molecule has 0 fully saturated rings. The van der Waals surface area contributed by atoms with Gasteiger partial charge < -0.3 is 4.74 Å². The van der Waals surface area contributed by atoms with Crippen molar-refractivity contribution in [2.24, 2.45) is 0 Å². The van der Waals surface area contributed by atoms with Crippen LogP contribution in [0.25, 0.3) is 0 Å². The smallest absolute Gasteiger partial charge is 0.421 e. The Bertz CT molecular complexity index is 499. The van der Waals surface area contributed by atoms with E-state index in [-0.39, 0.29) is 6.54 Å². The van der Waals surface area contributed by atoms with Crippen LogP contribution in [-0.4, -0.2) is 33.0 Å². The van der Waals surface area contributed by atoms with Crippen LogP contribution in [0.5, 0.6) is 0 Å². The Hall–Kier alpha value is -0.640. The van der Waals surface area contributed by atoms with Crippen molar-refractivity contribution in [2.45, 2.75) is 6.54 Å². The number of carbonyl (C=O) groups excluding carboxylic acids is 1. The number of thiophene rings is 1. The molecular weight excluding hydrogens is 332 g/mol. The van der Waals surface area contributed by atoms with Gasteiger partial charge in [0, 0.05) is 13.6 Å². The van der Waals surface area contributed by atoms with Gasteiger partial charge in [0.05, 0.1) is 10.9 Å². The van der Waals surface area contributed by atoms with Gasteiger partial charge in [-0.3, -0.25) is 0 Å². The molecule has 1 heterocycles. The first kappa shape index (κ1) is 14.4. The number of amides is 1. The highest BCUT2D eigenvalue weighted by Crippen LogP contribution is 2.21. The van der Waals surface area contributed by atoms with Gasteiger partial charge in [0.1, 0.15) is 0 Å². The van der Waals surface area contributed by atoms with Crippen LogP contribution in [0.1, 0.15) is 5.56 Å². The Labute approximate surface area is 112 Å². The van der Waals surface area contributed by atoms with Gasteiger partial charge in [-0.05, 0) is 32.9 Å². The van der Waals surface area contributed by atoms with Crippen molar-refractivity contribution in [2.75, 3.05) is 14.2 Å². The number of hydrogen-bond donors (Lipinski definition) is 1. The van der Waals surface area contributed by atoms with Gasteiger partial charge in [0.2, 0.25) is 0 Å². The second-order valence-electron chi connectivity index (χ2n) is 3.11. The summed E-state index contributed by atoms with van der Waals surface area (Å²) >= 11 is 4.74. The van der Waals surface area contributed by atoms with Crippen LogP contribution in [0.15, 0.2) is 15.2 Å². The largest absolute Gasteiger partial charge is 0.452 e. The summed E-state index contributed by atoms with van der Waals surface area (Å²) in [6.45, 7) is 0.175. The van der Waals surface area contributed by atoms with E-state index in [4.69, 9.17) is 0 Å². The third-order valence-corrected chi connectivity index (χ3v) is 4.76. The molecule has 0 aliphatic carbocycles. The van der Waals surface area contributed by atoms with Crippen molar-refractivity contribution >= 4 is 43.6 Å². The number of nitrogens with zero attached hydrogens (tertiary/aromatic N) is 1. The normalized spacial score (nSPS) is 11.5. The van der Waals surface area contributed by atoms with Crippen LogP contribution in [0.2, 0.25) is 0 Å². The van der Waals surface area contributed by atoms with E-state index in [9.17, 15) is 13.2 Å². The maximum atomic E-state index is 11.6. The van der Waals surface area contributed by atoms with E-state index in [1.165, 1.54) is 18.4 Å². The Morgan fingerprint density at radius 3 is 2.76 bits per heavy atom. The highest BCUT2D eigenvalue weighted by atomic mass is 79.9. The Kier molecular flexibility index (Phi) is 4.92. The summed E-state index contributed by atoms with van der Waals surface area (Å²) in [5.74, 6) is 0. The topological polar surface area (TPSA) is 75.7 Å². The summed E-state index contributed by atoms with van der Waals surface area (Å²) < 4.78 is 31.2. The lowest BCUT2D eigenvalue weighted by Crippen LogP contribution is -2.40. The van der Waals surface area contributed by atoms with Crippen LogP contribution in [-0.2, 0) is 21.5 Å². The highest BCUT2D eigenvalue weighted by Gasteiger charge is 2.21. The zero-order valence-corrected chi connectivity index (χ0v) is 12.4. The molecule has 0 aliphatic heterocycles. The number of rotatable bonds is 4. The summed E-state index contributed by atoms with van der Waals surface area (Å²) in [7, 11) is -1.39. The molecule has 0 unspecified atom stereocenters. The van der Waals surface area contributed by atoms with Crippen LogP contribution in [0.4, 0.5) is 4.79 Å². The van der Waals surface area contributed by atoms with E-state index in [0.29, 0.717) is 0 Å². The summed E-state index contributed by atoms with van der Waals surface area (Å²) in [5, 5.41) is 1.83. The molecule has 0 aliphatic rings. The second-order valence-corrected chi connectivity index (χ2v) is 7.18. The van der Waals surface area contributed by atoms with Gasteiger partial charge in [0.25, 0.3) is 0 Å². The monoisotopic (exact) mass is 342 g/mol. The Morgan fingerprint density at radius 1 is 1.65 bits per heavy atom. The fraction of sp³-hybridized carbons (Fsp3) is 0.375. The molecule has 0 aromatic carbocycles. The molecule has 0 saturated heterocycles. The molecule has 6 nitrogen and oxygen atoms in total. The van der Waals surface area contributed by atoms with Crippen molar-refractivity contribution in [3.8, 4) is 0 Å². The summed E-state index contributed by atoms with van der Waals surface area (Å²) in [4.78, 5) is 10.8. The molecule has 0 radical (unpaired) electrons. The predicted molar refractivity (Wildman–Crippen MR) is 67.9 cm³/mol. The Morgan fingerprint density at radius 2 is 2.29 bits per heavy atom. The van der Waals surface area contributed by atoms with E-state index in [1.54, 1.807) is 4.72 Å². The number of hydrogen-bond acceptors (Lipinski definition) is 5. The number of carbonyl (C=O) groups is 1. The fourth-order valence-corrected chi connectivity index (χ4v) is 2.96. The molecule has 1 N–H and O–H groups in total. The zero-order valence-electron chi connectivity index (χ0n) is 9.14. The third kappa shape index (κ3) is 4.26. The van der Waals surface area contributed by atoms with E-state index >= 15 is 0 Å². The van der Waals surface area contributed by atoms with E-state index < -0.39 is 16.3 Å². The van der Waals surface area contributed by atoms with Crippen molar-refractivity contribution in [1.82, 2.24) is 9.03 Å². The van der Waals surface area contributed by atoms with Crippen molar-refractivity contribution < 1.29 is 17.9 Å².